The van der Waals surface area contributed by atoms with Crippen molar-refractivity contribution in [3.05, 3.63) is 70.5 Å². The lowest BCUT2D eigenvalue weighted by Gasteiger charge is -2.19. The number of halogens is 2. The molecule has 0 saturated heterocycles. The average Bonchev–Trinajstić information content (AvgIpc) is 2.37. The van der Waals surface area contributed by atoms with Crippen molar-refractivity contribution in [1.29, 1.82) is 0 Å². The van der Waals surface area contributed by atoms with Gasteiger partial charge in [0.05, 0.1) is 6.04 Å². The zero-order chi connectivity index (χ0) is 13.0. The van der Waals surface area contributed by atoms with Gasteiger partial charge in [-0.3, -0.25) is 0 Å². The van der Waals surface area contributed by atoms with Gasteiger partial charge in [-0.1, -0.05) is 48.9 Å². The summed E-state index contributed by atoms with van der Waals surface area (Å²) in [5.74, 6) is -0.205. The van der Waals surface area contributed by atoms with Gasteiger partial charge in [0.15, 0.2) is 0 Å². The molecule has 18 heavy (non-hydrogen) atoms. The fourth-order valence-corrected chi connectivity index (χ4v) is 2.21. The number of hydrogen-bond acceptors (Lipinski definition) is 1. The minimum Gasteiger partial charge on any atom is -0.306 e. The first-order valence-electron chi connectivity index (χ1n) is 5.95. The van der Waals surface area contributed by atoms with Crippen molar-refractivity contribution in [2.24, 2.45) is 0 Å². The second-order valence-corrected chi connectivity index (χ2v) is 4.50. The lowest BCUT2D eigenvalue weighted by atomic mass is 9.98. The summed E-state index contributed by atoms with van der Waals surface area (Å²) in [4.78, 5) is 0. The zero-order valence-electron chi connectivity index (χ0n) is 10.2. The average molecular weight is 264 g/mol. The van der Waals surface area contributed by atoms with Gasteiger partial charge in [-0.25, -0.2) is 4.39 Å². The molecule has 3 heteroatoms. The van der Waals surface area contributed by atoms with Crippen LogP contribution in [-0.4, -0.2) is 6.54 Å². The quantitative estimate of drug-likeness (QED) is 0.873. The maximum absolute atomic E-state index is 13.9. The summed E-state index contributed by atoms with van der Waals surface area (Å²) in [6.45, 7) is 2.75. The Labute approximate surface area is 112 Å². The Kier molecular flexibility index (Phi) is 4.34. The number of hydrogen-bond donors (Lipinski definition) is 1. The fraction of sp³-hybridized carbons (Fsp3) is 0.200. The van der Waals surface area contributed by atoms with Crippen LogP contribution in [0.5, 0.6) is 0 Å². The van der Waals surface area contributed by atoms with E-state index in [4.69, 9.17) is 11.6 Å². The molecule has 0 bridgehead atoms. The Morgan fingerprint density at radius 1 is 1.17 bits per heavy atom. The first kappa shape index (κ1) is 13.1. The van der Waals surface area contributed by atoms with Gasteiger partial charge >= 0.3 is 0 Å². The topological polar surface area (TPSA) is 12.0 Å². The van der Waals surface area contributed by atoms with Crippen LogP contribution in [-0.2, 0) is 0 Å². The van der Waals surface area contributed by atoms with Crippen LogP contribution < -0.4 is 5.32 Å². The zero-order valence-corrected chi connectivity index (χ0v) is 10.9. The summed E-state index contributed by atoms with van der Waals surface area (Å²) in [6.07, 6.45) is 0. The maximum atomic E-state index is 13.9. The van der Waals surface area contributed by atoms with Crippen molar-refractivity contribution in [3.63, 3.8) is 0 Å². The molecule has 0 aliphatic rings. The minimum atomic E-state index is -0.205. The number of benzene rings is 2. The van der Waals surface area contributed by atoms with Crippen LogP contribution in [0.2, 0.25) is 5.02 Å². The molecule has 1 N–H and O–H groups in total. The summed E-state index contributed by atoms with van der Waals surface area (Å²) in [6, 6.07) is 14.1. The highest BCUT2D eigenvalue weighted by Gasteiger charge is 2.16. The van der Waals surface area contributed by atoms with Gasteiger partial charge in [-0.05, 0) is 30.3 Å². The summed E-state index contributed by atoms with van der Waals surface area (Å²) in [5.41, 5.74) is 1.61. The predicted molar refractivity (Wildman–Crippen MR) is 73.4 cm³/mol. The standard InChI is InChI=1S/C15H15ClFN/c1-2-18-15(11-6-5-7-12(16)10-11)13-8-3-4-9-14(13)17/h3-10,15,18H,2H2,1H3. The van der Waals surface area contributed by atoms with Crippen LogP contribution in [0.4, 0.5) is 4.39 Å². The molecule has 1 atom stereocenters. The number of rotatable bonds is 4. The summed E-state index contributed by atoms with van der Waals surface area (Å²) in [7, 11) is 0. The minimum absolute atomic E-state index is 0.171. The SMILES string of the molecule is CCNC(c1cccc(Cl)c1)c1ccccc1F. The molecule has 0 fully saturated rings. The lowest BCUT2D eigenvalue weighted by Crippen LogP contribution is -2.22. The molecule has 0 heterocycles. The molecule has 1 nitrogen and oxygen atoms in total. The molecule has 0 aliphatic carbocycles. The molecular formula is C15H15ClFN. The molecular weight excluding hydrogens is 249 g/mol. The molecule has 0 aromatic heterocycles. The summed E-state index contributed by atoms with van der Waals surface area (Å²) >= 11 is 5.99. The van der Waals surface area contributed by atoms with E-state index in [0.717, 1.165) is 12.1 Å². The van der Waals surface area contributed by atoms with Crippen molar-refractivity contribution in [2.45, 2.75) is 13.0 Å². The first-order chi connectivity index (χ1) is 8.72. The molecule has 0 spiro atoms. The van der Waals surface area contributed by atoms with Crippen molar-refractivity contribution in [2.75, 3.05) is 6.54 Å². The Morgan fingerprint density at radius 3 is 2.61 bits per heavy atom. The van der Waals surface area contributed by atoms with Gasteiger partial charge in [-0.15, -0.1) is 0 Å². The van der Waals surface area contributed by atoms with E-state index in [1.807, 2.05) is 37.3 Å². The van der Waals surface area contributed by atoms with E-state index in [1.54, 1.807) is 12.1 Å². The highest BCUT2D eigenvalue weighted by Crippen LogP contribution is 2.26. The lowest BCUT2D eigenvalue weighted by molar-refractivity contribution is 0.559. The van der Waals surface area contributed by atoms with E-state index in [0.29, 0.717) is 10.6 Å². The van der Waals surface area contributed by atoms with E-state index in [-0.39, 0.29) is 11.9 Å². The number of nitrogens with one attached hydrogen (secondary N) is 1. The van der Waals surface area contributed by atoms with Crippen molar-refractivity contribution in [1.82, 2.24) is 5.32 Å². The van der Waals surface area contributed by atoms with Gasteiger partial charge in [0.25, 0.3) is 0 Å². The smallest absolute Gasteiger partial charge is 0.128 e. The third-order valence-electron chi connectivity index (χ3n) is 2.81. The first-order valence-corrected chi connectivity index (χ1v) is 6.33. The van der Waals surface area contributed by atoms with Gasteiger partial charge in [0.1, 0.15) is 5.82 Å². The molecule has 1 unspecified atom stereocenters. The highest BCUT2D eigenvalue weighted by molar-refractivity contribution is 6.30. The Bertz CT molecular complexity index is 527. The second-order valence-electron chi connectivity index (χ2n) is 4.07. The maximum Gasteiger partial charge on any atom is 0.128 e. The summed E-state index contributed by atoms with van der Waals surface area (Å²) < 4.78 is 13.9. The van der Waals surface area contributed by atoms with Crippen molar-refractivity contribution < 1.29 is 4.39 Å². The molecule has 0 saturated carbocycles. The van der Waals surface area contributed by atoms with E-state index in [9.17, 15) is 4.39 Å². The predicted octanol–water partition coefficient (Wildman–Crippen LogP) is 4.18. The second kappa shape index (κ2) is 5.98. The van der Waals surface area contributed by atoms with Crippen LogP contribution in [0.15, 0.2) is 48.5 Å². The highest BCUT2D eigenvalue weighted by atomic mass is 35.5. The van der Waals surface area contributed by atoms with Gasteiger partial charge < -0.3 is 5.32 Å². The molecule has 0 radical (unpaired) electrons. The van der Waals surface area contributed by atoms with Crippen LogP contribution in [0.25, 0.3) is 0 Å². The largest absolute Gasteiger partial charge is 0.306 e. The Balaban J connectivity index is 2.43. The van der Waals surface area contributed by atoms with Crippen molar-refractivity contribution >= 4 is 11.6 Å². The molecule has 94 valence electrons. The monoisotopic (exact) mass is 263 g/mol. The third-order valence-corrected chi connectivity index (χ3v) is 3.04. The van der Waals surface area contributed by atoms with Gasteiger partial charge in [0, 0.05) is 10.6 Å². The van der Waals surface area contributed by atoms with Gasteiger partial charge in [0.2, 0.25) is 0 Å². The molecule has 2 aromatic rings. The van der Waals surface area contributed by atoms with E-state index in [1.165, 1.54) is 6.07 Å². The molecule has 0 amide bonds. The Morgan fingerprint density at radius 2 is 1.94 bits per heavy atom. The van der Waals surface area contributed by atoms with Crippen LogP contribution in [0.3, 0.4) is 0 Å². The van der Waals surface area contributed by atoms with Crippen LogP contribution in [0.1, 0.15) is 24.1 Å². The third kappa shape index (κ3) is 2.89. The van der Waals surface area contributed by atoms with Crippen LogP contribution in [0, 0.1) is 5.82 Å². The van der Waals surface area contributed by atoms with E-state index < -0.39 is 0 Å². The van der Waals surface area contributed by atoms with Crippen molar-refractivity contribution in [3.8, 4) is 0 Å². The Hall–Kier alpha value is -1.38. The fourth-order valence-electron chi connectivity index (χ4n) is 2.01. The van der Waals surface area contributed by atoms with Crippen LogP contribution >= 0.6 is 11.6 Å². The molecule has 2 aromatic carbocycles. The molecule has 2 rings (SSSR count). The molecule has 0 aliphatic heterocycles. The normalized spacial score (nSPS) is 12.4. The van der Waals surface area contributed by atoms with E-state index >= 15 is 0 Å². The van der Waals surface area contributed by atoms with E-state index in [2.05, 4.69) is 5.32 Å². The van der Waals surface area contributed by atoms with Gasteiger partial charge in [-0.2, -0.15) is 0 Å². The summed E-state index contributed by atoms with van der Waals surface area (Å²) in [5, 5.41) is 3.94.